The van der Waals surface area contributed by atoms with Crippen molar-refractivity contribution in [1.82, 2.24) is 0 Å². The maximum Gasteiger partial charge on any atom is 0.333 e. The minimum Gasteiger partial charge on any atom is -0.481 e. The molecule has 12 nitrogen and oxygen atoms in total. The summed E-state index contributed by atoms with van der Waals surface area (Å²) in [6, 6.07) is 0. The number of aliphatic hydroxyl groups is 4. The molecule has 1 fully saturated rings. The van der Waals surface area contributed by atoms with E-state index in [9.17, 15) is 34.8 Å². The molecular weight excluding hydrogens is 468 g/mol. The monoisotopic (exact) mass is 504 g/mol. The summed E-state index contributed by atoms with van der Waals surface area (Å²) in [4.78, 5) is 34.3. The molecule has 1 saturated heterocycles. The molecule has 1 aliphatic rings. The van der Waals surface area contributed by atoms with Gasteiger partial charge in [-0.25, -0.2) is 4.79 Å². The number of carboxylic acids is 1. The summed E-state index contributed by atoms with van der Waals surface area (Å²) < 4.78 is 21.0. The van der Waals surface area contributed by atoms with Gasteiger partial charge in [-0.2, -0.15) is 0 Å². The molecule has 0 aliphatic carbocycles. The molecule has 0 spiro atoms. The van der Waals surface area contributed by atoms with Crippen LogP contribution in [0.15, 0.2) is 24.3 Å². The number of carboxylic acid groups (broad SMARTS) is 1. The van der Waals surface area contributed by atoms with Crippen molar-refractivity contribution in [1.29, 1.82) is 0 Å². The zero-order valence-corrected chi connectivity index (χ0v) is 20.4. The average molecular weight is 505 g/mol. The number of hydrogen-bond donors (Lipinski definition) is 5. The van der Waals surface area contributed by atoms with Crippen LogP contribution in [0.2, 0.25) is 0 Å². The lowest BCUT2D eigenvalue weighted by molar-refractivity contribution is -0.320. The number of rotatable bonds is 13. The quantitative estimate of drug-likeness (QED) is 0.126. The topological polar surface area (TPSA) is 189 Å². The Hall–Kier alpha value is -2.35. The Bertz CT molecular complexity index is 791. The van der Waals surface area contributed by atoms with Crippen molar-refractivity contribution in [2.24, 2.45) is 0 Å². The summed E-state index contributed by atoms with van der Waals surface area (Å²) >= 11 is 0. The van der Waals surface area contributed by atoms with E-state index < -0.39 is 79.3 Å². The molecule has 1 heterocycles. The number of esters is 2. The number of methoxy groups -OCH3 is 1. The van der Waals surface area contributed by atoms with Crippen molar-refractivity contribution in [3.63, 3.8) is 0 Å². The molecule has 0 saturated carbocycles. The molecule has 0 radical (unpaired) electrons. The number of allylic oxidation sites excluding steroid dienone is 1. The second-order valence-corrected chi connectivity index (χ2v) is 8.99. The maximum atomic E-state index is 12.0. The van der Waals surface area contributed by atoms with Gasteiger partial charge in [0.1, 0.15) is 31.0 Å². The highest BCUT2D eigenvalue weighted by atomic mass is 16.7. The fourth-order valence-corrected chi connectivity index (χ4v) is 3.37. The van der Waals surface area contributed by atoms with Gasteiger partial charge in [0.15, 0.2) is 6.29 Å². The number of carbonyl (C=O) groups is 3. The predicted molar refractivity (Wildman–Crippen MR) is 120 cm³/mol. The van der Waals surface area contributed by atoms with Crippen molar-refractivity contribution in [3.05, 3.63) is 24.3 Å². The van der Waals surface area contributed by atoms with Crippen LogP contribution in [0.25, 0.3) is 0 Å². The third-order valence-corrected chi connectivity index (χ3v) is 5.55. The van der Waals surface area contributed by atoms with Gasteiger partial charge in [0.25, 0.3) is 0 Å². The van der Waals surface area contributed by atoms with Gasteiger partial charge >= 0.3 is 17.9 Å². The van der Waals surface area contributed by atoms with E-state index in [0.717, 1.165) is 6.92 Å². The largest absolute Gasteiger partial charge is 0.481 e. The van der Waals surface area contributed by atoms with Crippen LogP contribution in [0.3, 0.4) is 0 Å². The van der Waals surface area contributed by atoms with Gasteiger partial charge in [0, 0.05) is 5.57 Å². The molecule has 0 aromatic rings. The fourth-order valence-electron chi connectivity index (χ4n) is 3.37. The Morgan fingerprint density at radius 3 is 2.26 bits per heavy atom. The highest BCUT2D eigenvalue weighted by Gasteiger charge is 2.46. The minimum absolute atomic E-state index is 0.314. The van der Waals surface area contributed by atoms with Gasteiger partial charge in [0.2, 0.25) is 0 Å². The fraction of sp³-hybridized carbons (Fsp3) is 0.696. The Kier molecular flexibility index (Phi) is 11.5. The molecule has 200 valence electrons. The van der Waals surface area contributed by atoms with E-state index in [0.29, 0.717) is 18.4 Å². The minimum atomic E-state index is -1.84. The van der Waals surface area contributed by atoms with Crippen molar-refractivity contribution >= 4 is 17.9 Å². The lowest BCUT2D eigenvalue weighted by atomic mass is 9.96. The second-order valence-electron chi connectivity index (χ2n) is 8.99. The van der Waals surface area contributed by atoms with Crippen molar-refractivity contribution in [2.45, 2.75) is 88.4 Å². The van der Waals surface area contributed by atoms with Gasteiger partial charge < -0.3 is 44.5 Å². The first-order chi connectivity index (χ1) is 16.1. The van der Waals surface area contributed by atoms with Crippen LogP contribution >= 0.6 is 0 Å². The first kappa shape index (κ1) is 30.7. The lowest BCUT2D eigenvalue weighted by Crippen LogP contribution is -2.60. The average Bonchev–Trinajstić information content (AvgIpc) is 2.76. The van der Waals surface area contributed by atoms with Crippen molar-refractivity contribution < 1.29 is 58.9 Å². The number of aliphatic hydroxyl groups excluding tert-OH is 3. The normalized spacial score (nSPS) is 28.3. The molecule has 12 heteroatoms. The van der Waals surface area contributed by atoms with Crippen LogP contribution in [0.4, 0.5) is 0 Å². The molecule has 5 N–H and O–H groups in total. The summed E-state index contributed by atoms with van der Waals surface area (Å²) in [5, 5.41) is 49.6. The Morgan fingerprint density at radius 1 is 1.09 bits per heavy atom. The Morgan fingerprint density at radius 2 is 1.71 bits per heavy atom. The third kappa shape index (κ3) is 9.67. The van der Waals surface area contributed by atoms with E-state index >= 15 is 0 Å². The number of aliphatic carboxylic acids is 1. The molecule has 35 heavy (non-hydrogen) atoms. The van der Waals surface area contributed by atoms with Gasteiger partial charge in [-0.05, 0) is 33.6 Å². The molecule has 7 atom stereocenters. The number of ether oxygens (including phenoxy) is 4. The van der Waals surface area contributed by atoms with E-state index in [1.165, 1.54) is 13.2 Å². The van der Waals surface area contributed by atoms with E-state index in [-0.39, 0.29) is 0 Å². The van der Waals surface area contributed by atoms with Gasteiger partial charge in [0.05, 0.1) is 31.2 Å². The first-order valence-electron chi connectivity index (χ1n) is 11.0. The zero-order valence-electron chi connectivity index (χ0n) is 20.4. The summed E-state index contributed by atoms with van der Waals surface area (Å²) in [5.74, 6) is -2.72. The van der Waals surface area contributed by atoms with Gasteiger partial charge in [-0.15, -0.1) is 6.58 Å². The van der Waals surface area contributed by atoms with E-state index in [2.05, 4.69) is 11.3 Å². The van der Waals surface area contributed by atoms with Gasteiger partial charge in [-0.1, -0.05) is 12.2 Å². The second kappa shape index (κ2) is 13.1. The molecule has 0 unspecified atom stereocenters. The van der Waals surface area contributed by atoms with E-state index in [1.54, 1.807) is 19.9 Å². The van der Waals surface area contributed by atoms with Crippen LogP contribution in [-0.2, 0) is 33.3 Å². The smallest absolute Gasteiger partial charge is 0.333 e. The number of carbonyl (C=O) groups excluding carboxylic acids is 2. The zero-order chi connectivity index (χ0) is 27.0. The molecule has 0 amide bonds. The highest BCUT2D eigenvalue weighted by Crippen LogP contribution is 2.29. The number of hydrogen-bond acceptors (Lipinski definition) is 11. The molecule has 0 aromatic carbocycles. The van der Waals surface area contributed by atoms with E-state index in [1.807, 2.05) is 0 Å². The molecule has 0 aromatic heterocycles. The molecule has 1 rings (SSSR count). The van der Waals surface area contributed by atoms with Crippen LogP contribution in [0.1, 0.15) is 46.5 Å². The Balaban J connectivity index is 2.80. The predicted octanol–water partition coefficient (Wildman–Crippen LogP) is -0.186. The lowest BCUT2D eigenvalue weighted by Gasteiger charge is -2.43. The summed E-state index contributed by atoms with van der Waals surface area (Å²) in [5.41, 5.74) is -2.52. The molecule has 0 bridgehead atoms. The molecule has 1 aliphatic heterocycles. The van der Waals surface area contributed by atoms with E-state index in [4.69, 9.17) is 19.3 Å². The Labute approximate surface area is 203 Å². The summed E-state index contributed by atoms with van der Waals surface area (Å²) in [6.45, 7) is 7.57. The van der Waals surface area contributed by atoms with Crippen molar-refractivity contribution in [2.75, 3.05) is 13.7 Å². The van der Waals surface area contributed by atoms with Crippen molar-refractivity contribution in [3.8, 4) is 0 Å². The summed E-state index contributed by atoms with van der Waals surface area (Å²) in [7, 11) is 1.27. The third-order valence-electron chi connectivity index (χ3n) is 5.55. The SMILES string of the molecule is C=C[C@@](C)(CC/C=C(\C)C(=O)OC)O[C@H]1O[C@@H](COC(=O)C[C@](C)(O)CC(=O)O)[C@H](O)[C@@H](O)[C@@H]1O. The maximum absolute atomic E-state index is 12.0. The standard InChI is InChI=1S/C23H36O12/c1-6-23(4,9-7-8-13(2)20(30)32-5)35-21-19(29)18(28)17(27)14(34-21)12-33-16(26)11-22(3,31)10-15(24)25/h6,8,14,17-19,21,27-29,31H,1,7,9-12H2,2-5H3,(H,24,25)/b13-8+/t14-,17-,18+,19-,21+,22+,23-/m0/s1. The van der Waals surface area contributed by atoms with Crippen LogP contribution < -0.4 is 0 Å². The summed E-state index contributed by atoms with van der Waals surface area (Å²) in [6.07, 6.45) is -5.18. The molecular formula is C23H36O12. The highest BCUT2D eigenvalue weighted by molar-refractivity contribution is 5.87. The first-order valence-corrected chi connectivity index (χ1v) is 11.0. The van der Waals surface area contributed by atoms with Gasteiger partial charge in [-0.3, -0.25) is 9.59 Å². The van der Waals surface area contributed by atoms with Crippen LogP contribution in [0.5, 0.6) is 0 Å². The van der Waals surface area contributed by atoms with Crippen LogP contribution in [0, 0.1) is 0 Å². The van der Waals surface area contributed by atoms with Crippen LogP contribution in [-0.4, -0.2) is 99.1 Å².